The fourth-order valence-electron chi connectivity index (χ4n) is 0.275. The van der Waals surface area contributed by atoms with Crippen molar-refractivity contribution in [2.75, 3.05) is 5.73 Å². The molecule has 1 aromatic rings. The molecule has 0 aliphatic heterocycles. The molecule has 0 saturated carbocycles. The maximum absolute atomic E-state index is 9.19. The zero-order chi connectivity index (χ0) is 9.56. The average molecular weight is 356 g/mol. The number of aromatic nitrogens is 3. The number of nitrogens with two attached hydrogens (primary N) is 2. The van der Waals surface area contributed by atoms with Gasteiger partial charge in [-0.2, -0.15) is 0 Å². The zero-order valence-corrected chi connectivity index (χ0v) is 9.32. The topological polar surface area (TPSA) is 155 Å². The van der Waals surface area contributed by atoms with Gasteiger partial charge in [-0.05, 0) is 0 Å². The van der Waals surface area contributed by atoms with Crippen LogP contribution in [0.5, 0.6) is 0 Å². The van der Waals surface area contributed by atoms with E-state index in [9.17, 15) is 4.79 Å². The SMILES string of the molecule is N[CH-]C(=O)O.[NH-]c1nc(N)n[nH]1.[W+2]. The number of nitrogens with one attached hydrogen (secondary N) is 2. The van der Waals surface area contributed by atoms with Gasteiger partial charge in [-0.15, -0.1) is 0 Å². The van der Waals surface area contributed by atoms with Gasteiger partial charge in [0.2, 0.25) is 0 Å². The molecule has 8 nitrogen and oxygen atoms in total. The monoisotopic (exact) mass is 356 g/mol. The third-order valence-corrected chi connectivity index (χ3v) is 0.645. The number of rotatable bonds is 1. The van der Waals surface area contributed by atoms with Crippen molar-refractivity contribution in [2.45, 2.75) is 0 Å². The largest absolute Gasteiger partial charge is 2.00 e. The summed E-state index contributed by atoms with van der Waals surface area (Å²) >= 11 is 0. The predicted molar refractivity (Wildman–Crippen MR) is 40.9 cm³/mol. The van der Waals surface area contributed by atoms with Crippen LogP contribution >= 0.6 is 0 Å². The standard InChI is InChI=1S/C2H4N5.C2H4NO2.W/c3-1-5-2(4)7-6-1;3-1-2(4)5;/h(H4-,3,4,5,6,7);1H,3H2,(H,4,5);/q2*-1;+2. The van der Waals surface area contributed by atoms with Gasteiger partial charge in [0.1, 0.15) is 0 Å². The summed E-state index contributed by atoms with van der Waals surface area (Å²) < 4.78 is 0. The number of hydrogen-bond donors (Lipinski definition) is 4. The molecular weight excluding hydrogens is 348 g/mol. The minimum atomic E-state index is -1.09. The number of aliphatic carboxylic acids is 1. The number of aromatic amines is 1. The molecule has 9 heteroatoms. The molecule has 0 aromatic carbocycles. The predicted octanol–water partition coefficient (Wildman–Crippen LogP) is -0.740. The number of carboxylic acid groups (broad SMARTS) is 1. The Balaban J connectivity index is 0. The van der Waals surface area contributed by atoms with Crippen LogP contribution in [0, 0.1) is 6.54 Å². The van der Waals surface area contributed by atoms with Gasteiger partial charge in [0, 0.05) is 5.95 Å². The second-order valence-corrected chi connectivity index (χ2v) is 1.55. The van der Waals surface area contributed by atoms with E-state index in [2.05, 4.69) is 20.9 Å². The molecule has 0 fully saturated rings. The summed E-state index contributed by atoms with van der Waals surface area (Å²) in [5.41, 5.74) is 16.2. The molecule has 1 rings (SSSR count). The molecule has 72 valence electrons. The summed E-state index contributed by atoms with van der Waals surface area (Å²) in [7, 11) is 0. The van der Waals surface area contributed by atoms with Crippen molar-refractivity contribution in [2.24, 2.45) is 5.73 Å². The Bertz CT molecular complexity index is 234. The molecular formula is C4H8N6O2W. The smallest absolute Gasteiger partial charge is 0.502 e. The van der Waals surface area contributed by atoms with E-state index < -0.39 is 5.97 Å². The van der Waals surface area contributed by atoms with E-state index in [-0.39, 0.29) is 33.0 Å². The number of H-pyrrole nitrogens is 1. The van der Waals surface area contributed by atoms with Gasteiger partial charge in [-0.3, -0.25) is 4.79 Å². The molecule has 0 bridgehead atoms. The summed E-state index contributed by atoms with van der Waals surface area (Å²) in [6, 6.07) is 0. The van der Waals surface area contributed by atoms with Crippen LogP contribution in [0.25, 0.3) is 5.73 Å². The molecule has 0 spiro atoms. The molecule has 0 atom stereocenters. The molecule has 0 unspecified atom stereocenters. The van der Waals surface area contributed by atoms with E-state index in [1.807, 2.05) is 0 Å². The van der Waals surface area contributed by atoms with Gasteiger partial charge in [0.05, 0.1) is 0 Å². The van der Waals surface area contributed by atoms with E-state index >= 15 is 0 Å². The first-order valence-corrected chi connectivity index (χ1v) is 2.73. The summed E-state index contributed by atoms with van der Waals surface area (Å²) in [4.78, 5) is 12.6. The molecule has 13 heavy (non-hydrogen) atoms. The minimum Gasteiger partial charge on any atom is -0.502 e. The summed E-state index contributed by atoms with van der Waals surface area (Å²) in [6.45, 7) is 0.583. The van der Waals surface area contributed by atoms with Crippen LogP contribution in [0.1, 0.15) is 0 Å². The van der Waals surface area contributed by atoms with Crippen molar-refractivity contribution >= 4 is 17.9 Å². The van der Waals surface area contributed by atoms with Crippen LogP contribution in [-0.2, 0) is 25.9 Å². The molecule has 0 radical (unpaired) electrons. The van der Waals surface area contributed by atoms with Crippen LogP contribution < -0.4 is 11.5 Å². The maximum atomic E-state index is 9.19. The summed E-state index contributed by atoms with van der Waals surface area (Å²) in [6.07, 6.45) is 0. The number of hydrogen-bond acceptors (Lipinski definition) is 5. The van der Waals surface area contributed by atoms with Crippen molar-refractivity contribution in [1.29, 1.82) is 0 Å². The number of carboxylic acids is 1. The number of nitrogen functional groups attached to an aromatic ring is 1. The average Bonchev–Trinajstić information content (AvgIpc) is 2.36. The number of nitrogens with zero attached hydrogens (tertiary/aromatic N) is 2. The van der Waals surface area contributed by atoms with Gasteiger partial charge >= 0.3 is 21.1 Å². The first kappa shape index (κ1) is 14.3. The molecule has 1 heterocycles. The van der Waals surface area contributed by atoms with Gasteiger partial charge < -0.3 is 32.4 Å². The van der Waals surface area contributed by atoms with Crippen molar-refractivity contribution in [1.82, 2.24) is 15.2 Å². The maximum Gasteiger partial charge on any atom is 2.00 e. The molecule has 7 N–H and O–H groups in total. The first-order valence-electron chi connectivity index (χ1n) is 2.73. The van der Waals surface area contributed by atoms with E-state index in [4.69, 9.17) is 16.6 Å². The summed E-state index contributed by atoms with van der Waals surface area (Å²) in [5, 5.41) is 13.2. The van der Waals surface area contributed by atoms with E-state index in [0.29, 0.717) is 6.54 Å². The Morgan fingerprint density at radius 1 is 1.69 bits per heavy atom. The number of carbonyl (C=O) groups is 1. The second kappa shape index (κ2) is 7.38. The quantitative estimate of drug-likeness (QED) is 0.486. The van der Waals surface area contributed by atoms with Crippen LogP contribution in [0.3, 0.4) is 0 Å². The van der Waals surface area contributed by atoms with Gasteiger partial charge in [0.15, 0.2) is 11.9 Å². The van der Waals surface area contributed by atoms with Gasteiger partial charge in [0.25, 0.3) is 0 Å². The van der Waals surface area contributed by atoms with Gasteiger partial charge in [-0.25, -0.2) is 11.6 Å². The van der Waals surface area contributed by atoms with E-state index in [1.54, 1.807) is 0 Å². The fraction of sp³-hybridized carbons (Fsp3) is 0. The molecule has 0 aliphatic rings. The van der Waals surface area contributed by atoms with Crippen LogP contribution in [0.2, 0.25) is 0 Å². The molecule has 1 aromatic heterocycles. The Kier molecular flexibility index (Phi) is 8.10. The van der Waals surface area contributed by atoms with Crippen molar-refractivity contribution in [3.05, 3.63) is 12.3 Å². The van der Waals surface area contributed by atoms with E-state index in [1.165, 1.54) is 0 Å². The Labute approximate surface area is 88.1 Å². The Hall–Kier alpha value is -1.27. The van der Waals surface area contributed by atoms with Crippen LogP contribution in [-0.4, -0.2) is 26.3 Å². The van der Waals surface area contributed by atoms with Crippen molar-refractivity contribution in [3.8, 4) is 0 Å². The van der Waals surface area contributed by atoms with Crippen LogP contribution in [0.15, 0.2) is 0 Å². The van der Waals surface area contributed by atoms with Crippen molar-refractivity contribution in [3.63, 3.8) is 0 Å². The van der Waals surface area contributed by atoms with Crippen molar-refractivity contribution < 1.29 is 31.0 Å². The third-order valence-electron chi connectivity index (χ3n) is 0.645. The Morgan fingerprint density at radius 2 is 2.15 bits per heavy atom. The Morgan fingerprint density at radius 3 is 2.23 bits per heavy atom. The molecule has 0 saturated heterocycles. The summed E-state index contributed by atoms with van der Waals surface area (Å²) in [5.74, 6) is -0.979. The fourth-order valence-corrected chi connectivity index (χ4v) is 0.275. The zero-order valence-electron chi connectivity index (χ0n) is 6.39. The second-order valence-electron chi connectivity index (χ2n) is 1.55. The normalized spacial score (nSPS) is 7.46. The van der Waals surface area contributed by atoms with Crippen LogP contribution in [0.4, 0.5) is 11.9 Å². The molecule has 0 aliphatic carbocycles. The third kappa shape index (κ3) is 8.64. The van der Waals surface area contributed by atoms with Gasteiger partial charge in [-0.1, -0.05) is 0 Å². The minimum absolute atomic E-state index is 0. The first-order chi connectivity index (χ1) is 5.56. The van der Waals surface area contributed by atoms with E-state index in [0.717, 1.165) is 0 Å². The number of anilines is 1. The molecule has 0 amide bonds.